The van der Waals surface area contributed by atoms with E-state index in [0.717, 1.165) is 29.4 Å². The van der Waals surface area contributed by atoms with Crippen LogP contribution in [0.2, 0.25) is 0 Å². The first-order chi connectivity index (χ1) is 11.7. The molecule has 2 aromatic rings. The number of nitrogens with one attached hydrogen (secondary N) is 1. The van der Waals surface area contributed by atoms with Gasteiger partial charge in [0.05, 0.1) is 5.75 Å². The van der Waals surface area contributed by atoms with E-state index in [2.05, 4.69) is 25.1 Å². The quantitative estimate of drug-likeness (QED) is 0.822. The molecule has 24 heavy (non-hydrogen) atoms. The number of hydrogen-bond acceptors (Lipinski definition) is 6. The lowest BCUT2D eigenvalue weighted by Crippen LogP contribution is -2.35. The van der Waals surface area contributed by atoms with E-state index in [1.54, 1.807) is 12.4 Å². The summed E-state index contributed by atoms with van der Waals surface area (Å²) in [4.78, 5) is 29.0. The summed E-state index contributed by atoms with van der Waals surface area (Å²) in [5, 5.41) is 11.9. The predicted molar refractivity (Wildman–Crippen MR) is 87.4 cm³/mol. The maximum absolute atomic E-state index is 12.2. The van der Waals surface area contributed by atoms with Crippen molar-refractivity contribution in [2.24, 2.45) is 0 Å². The van der Waals surface area contributed by atoms with E-state index >= 15 is 0 Å². The molecule has 0 unspecified atom stereocenters. The summed E-state index contributed by atoms with van der Waals surface area (Å²) in [5.74, 6) is 0.772. The van der Waals surface area contributed by atoms with E-state index in [9.17, 15) is 9.59 Å². The summed E-state index contributed by atoms with van der Waals surface area (Å²) in [7, 11) is 0. The molecule has 4 rings (SSSR count). The number of carbonyl (C=O) groups excluding carboxylic acids is 2. The van der Waals surface area contributed by atoms with Crippen molar-refractivity contribution >= 4 is 23.7 Å². The van der Waals surface area contributed by atoms with Crippen LogP contribution in [-0.2, 0) is 4.79 Å². The van der Waals surface area contributed by atoms with Gasteiger partial charge in [0, 0.05) is 37.1 Å². The SMILES string of the molecule is O=C(CSc1nnc(-c2ccncc2)n1C1CC1)N1CCNC1=O. The van der Waals surface area contributed by atoms with Gasteiger partial charge in [0.1, 0.15) is 0 Å². The van der Waals surface area contributed by atoms with Crippen molar-refractivity contribution in [2.45, 2.75) is 24.0 Å². The molecule has 1 saturated heterocycles. The molecule has 0 atom stereocenters. The molecule has 0 spiro atoms. The Morgan fingerprint density at radius 2 is 2.08 bits per heavy atom. The lowest BCUT2D eigenvalue weighted by molar-refractivity contribution is -0.124. The molecule has 8 nitrogen and oxygen atoms in total. The van der Waals surface area contributed by atoms with Gasteiger partial charge in [-0.3, -0.25) is 19.2 Å². The smallest absolute Gasteiger partial charge is 0.324 e. The topological polar surface area (TPSA) is 93.0 Å². The number of aromatic nitrogens is 4. The van der Waals surface area contributed by atoms with Crippen LogP contribution in [0.3, 0.4) is 0 Å². The van der Waals surface area contributed by atoms with E-state index < -0.39 is 0 Å². The van der Waals surface area contributed by atoms with Crippen LogP contribution in [0.4, 0.5) is 4.79 Å². The first-order valence-electron chi connectivity index (χ1n) is 7.80. The normalized spacial score (nSPS) is 17.2. The molecule has 2 aliphatic rings. The van der Waals surface area contributed by atoms with Crippen LogP contribution in [0, 0.1) is 0 Å². The number of amides is 3. The van der Waals surface area contributed by atoms with Gasteiger partial charge in [-0.1, -0.05) is 11.8 Å². The first-order valence-corrected chi connectivity index (χ1v) is 8.79. The summed E-state index contributed by atoms with van der Waals surface area (Å²) < 4.78 is 2.09. The van der Waals surface area contributed by atoms with E-state index in [4.69, 9.17) is 0 Å². The van der Waals surface area contributed by atoms with Crippen molar-refractivity contribution in [3.8, 4) is 11.4 Å². The Hall–Kier alpha value is -2.42. The van der Waals surface area contributed by atoms with Gasteiger partial charge in [-0.15, -0.1) is 10.2 Å². The minimum Gasteiger partial charge on any atom is -0.336 e. The standard InChI is InChI=1S/C15H16N6O2S/c22-12(20-8-7-17-14(20)23)9-24-15-19-18-13(21(15)11-1-2-11)10-3-5-16-6-4-10/h3-6,11H,1-2,7-9H2,(H,17,23). The fraction of sp³-hybridized carbons (Fsp3) is 0.400. The van der Waals surface area contributed by atoms with Crippen molar-refractivity contribution < 1.29 is 9.59 Å². The highest BCUT2D eigenvalue weighted by molar-refractivity contribution is 7.99. The number of imide groups is 1. The van der Waals surface area contributed by atoms with Crippen LogP contribution in [0.15, 0.2) is 29.7 Å². The molecule has 1 aliphatic carbocycles. The van der Waals surface area contributed by atoms with Crippen LogP contribution in [0.25, 0.3) is 11.4 Å². The summed E-state index contributed by atoms with van der Waals surface area (Å²) >= 11 is 1.33. The van der Waals surface area contributed by atoms with Gasteiger partial charge in [-0.2, -0.15) is 0 Å². The number of thioether (sulfide) groups is 1. The number of carbonyl (C=O) groups is 2. The molecular weight excluding hydrogens is 328 g/mol. The largest absolute Gasteiger partial charge is 0.336 e. The highest BCUT2D eigenvalue weighted by atomic mass is 32.2. The number of nitrogens with zero attached hydrogens (tertiary/aromatic N) is 5. The Morgan fingerprint density at radius 3 is 2.75 bits per heavy atom. The Balaban J connectivity index is 1.52. The summed E-state index contributed by atoms with van der Waals surface area (Å²) in [6.45, 7) is 0.940. The summed E-state index contributed by atoms with van der Waals surface area (Å²) in [5.41, 5.74) is 0.960. The van der Waals surface area contributed by atoms with Crippen LogP contribution in [0.1, 0.15) is 18.9 Å². The molecule has 3 amide bonds. The van der Waals surface area contributed by atoms with Crippen LogP contribution in [0.5, 0.6) is 0 Å². The average molecular weight is 344 g/mol. The highest BCUT2D eigenvalue weighted by Gasteiger charge is 2.31. The fourth-order valence-electron chi connectivity index (χ4n) is 2.65. The van der Waals surface area contributed by atoms with Crippen LogP contribution < -0.4 is 5.32 Å². The molecule has 1 aliphatic heterocycles. The molecule has 0 aromatic carbocycles. The van der Waals surface area contributed by atoms with Crippen LogP contribution in [-0.4, -0.2) is 55.4 Å². The lowest BCUT2D eigenvalue weighted by Gasteiger charge is -2.12. The predicted octanol–water partition coefficient (Wildman–Crippen LogP) is 1.32. The minimum absolute atomic E-state index is 0.175. The zero-order valence-corrected chi connectivity index (χ0v) is 13.7. The van der Waals surface area contributed by atoms with E-state index in [1.807, 2.05) is 12.1 Å². The van der Waals surface area contributed by atoms with E-state index in [-0.39, 0.29) is 17.7 Å². The summed E-state index contributed by atoms with van der Waals surface area (Å²) in [6, 6.07) is 3.87. The second-order valence-corrected chi connectivity index (χ2v) is 6.65. The third kappa shape index (κ3) is 2.86. The van der Waals surface area contributed by atoms with Crippen molar-refractivity contribution in [3.05, 3.63) is 24.5 Å². The zero-order chi connectivity index (χ0) is 16.5. The maximum Gasteiger partial charge on any atom is 0.324 e. The second-order valence-electron chi connectivity index (χ2n) is 5.71. The third-order valence-corrected chi connectivity index (χ3v) is 4.93. The second kappa shape index (κ2) is 6.23. The third-order valence-electron chi connectivity index (χ3n) is 4.00. The molecule has 9 heteroatoms. The molecular formula is C15H16N6O2S. The Labute approximate surface area is 142 Å². The number of hydrogen-bond donors (Lipinski definition) is 1. The molecule has 0 bridgehead atoms. The molecule has 0 radical (unpaired) electrons. The van der Waals surface area contributed by atoms with Gasteiger partial charge in [0.15, 0.2) is 11.0 Å². The van der Waals surface area contributed by atoms with Gasteiger partial charge < -0.3 is 5.32 Å². The molecule has 1 saturated carbocycles. The molecule has 2 aromatic heterocycles. The zero-order valence-electron chi connectivity index (χ0n) is 12.9. The molecule has 2 fully saturated rings. The van der Waals surface area contributed by atoms with Gasteiger partial charge in [0.25, 0.3) is 0 Å². The fourth-order valence-corrected chi connectivity index (χ4v) is 3.53. The van der Waals surface area contributed by atoms with E-state index in [1.165, 1.54) is 16.7 Å². The first kappa shape index (κ1) is 15.1. The monoisotopic (exact) mass is 344 g/mol. The molecule has 124 valence electrons. The average Bonchev–Trinajstić information content (AvgIpc) is 3.21. The molecule has 3 heterocycles. The Kier molecular flexibility index (Phi) is 3.93. The van der Waals surface area contributed by atoms with Crippen LogP contribution >= 0.6 is 11.8 Å². The summed E-state index contributed by atoms with van der Waals surface area (Å²) in [6.07, 6.45) is 5.63. The number of rotatable bonds is 5. The van der Waals surface area contributed by atoms with Gasteiger partial charge in [-0.25, -0.2) is 4.79 Å². The van der Waals surface area contributed by atoms with Gasteiger partial charge >= 0.3 is 6.03 Å². The number of urea groups is 1. The van der Waals surface area contributed by atoms with E-state index in [0.29, 0.717) is 19.1 Å². The highest BCUT2D eigenvalue weighted by Crippen LogP contribution is 2.40. The van der Waals surface area contributed by atoms with Crippen molar-refractivity contribution in [1.29, 1.82) is 0 Å². The van der Waals surface area contributed by atoms with Gasteiger partial charge in [-0.05, 0) is 25.0 Å². The van der Waals surface area contributed by atoms with Crippen molar-refractivity contribution in [1.82, 2.24) is 30.0 Å². The number of pyridine rings is 1. The molecule has 1 N–H and O–H groups in total. The minimum atomic E-state index is -0.318. The Bertz CT molecular complexity index is 774. The maximum atomic E-state index is 12.2. The van der Waals surface area contributed by atoms with Crippen molar-refractivity contribution in [2.75, 3.05) is 18.8 Å². The lowest BCUT2D eigenvalue weighted by atomic mass is 10.2. The Morgan fingerprint density at radius 1 is 1.29 bits per heavy atom. The van der Waals surface area contributed by atoms with Gasteiger partial charge in [0.2, 0.25) is 5.91 Å². The van der Waals surface area contributed by atoms with Crippen molar-refractivity contribution in [3.63, 3.8) is 0 Å².